The summed E-state index contributed by atoms with van der Waals surface area (Å²) in [5, 5.41) is 2.80. The minimum Gasteiger partial charge on any atom is -0.467 e. The van der Waals surface area contributed by atoms with Crippen molar-refractivity contribution >= 4 is 11.9 Å². The highest BCUT2D eigenvalue weighted by Crippen LogP contribution is 2.22. The summed E-state index contributed by atoms with van der Waals surface area (Å²) < 4.78 is 4.86. The van der Waals surface area contributed by atoms with Gasteiger partial charge in [0.1, 0.15) is 6.04 Å². The van der Waals surface area contributed by atoms with E-state index < -0.39 is 12.0 Å². The fraction of sp³-hybridized carbons (Fsp3) is 0.364. The number of esters is 1. The Morgan fingerprint density at radius 1 is 1.08 bits per heavy atom. The van der Waals surface area contributed by atoms with Crippen molar-refractivity contribution in [1.29, 1.82) is 0 Å². The Kier molecular flexibility index (Phi) is 6.19. The van der Waals surface area contributed by atoms with Crippen molar-refractivity contribution in [3.63, 3.8) is 0 Å². The zero-order valence-corrected chi connectivity index (χ0v) is 16.1. The SMILES string of the molecule is COC(=O)[C@@H](Cc1cccc(C)c1)NC(=O)c1ccc(C(C)(C)C)cc1. The predicted octanol–water partition coefficient (Wildman–Crippen LogP) is 3.81. The largest absolute Gasteiger partial charge is 0.467 e. The van der Waals surface area contributed by atoms with Crippen LogP contribution in [0.2, 0.25) is 0 Å². The van der Waals surface area contributed by atoms with Gasteiger partial charge in [-0.05, 0) is 35.6 Å². The first-order valence-corrected chi connectivity index (χ1v) is 8.75. The highest BCUT2D eigenvalue weighted by atomic mass is 16.5. The van der Waals surface area contributed by atoms with Crippen LogP contribution in [0, 0.1) is 6.92 Å². The molecule has 138 valence electrons. The van der Waals surface area contributed by atoms with Crippen LogP contribution in [0.4, 0.5) is 0 Å². The molecule has 4 nitrogen and oxygen atoms in total. The summed E-state index contributed by atoms with van der Waals surface area (Å²) >= 11 is 0. The number of methoxy groups -OCH3 is 1. The van der Waals surface area contributed by atoms with E-state index in [0.717, 1.165) is 16.7 Å². The molecule has 1 atom stereocenters. The van der Waals surface area contributed by atoms with Crippen molar-refractivity contribution in [2.24, 2.45) is 0 Å². The molecule has 0 unspecified atom stereocenters. The molecule has 0 aliphatic carbocycles. The Bertz CT molecular complexity index is 773. The summed E-state index contributed by atoms with van der Waals surface area (Å²) in [5.74, 6) is -0.736. The van der Waals surface area contributed by atoms with Gasteiger partial charge in [-0.2, -0.15) is 0 Å². The number of hydrogen-bond acceptors (Lipinski definition) is 3. The molecule has 0 bridgehead atoms. The third kappa shape index (κ3) is 5.19. The number of carbonyl (C=O) groups is 2. The van der Waals surface area contributed by atoms with Crippen LogP contribution in [0.1, 0.15) is 47.8 Å². The van der Waals surface area contributed by atoms with Crippen LogP contribution >= 0.6 is 0 Å². The molecule has 0 heterocycles. The Labute approximate surface area is 155 Å². The summed E-state index contributed by atoms with van der Waals surface area (Å²) in [4.78, 5) is 24.7. The van der Waals surface area contributed by atoms with Gasteiger partial charge in [-0.1, -0.05) is 62.7 Å². The number of benzene rings is 2. The molecule has 0 aliphatic heterocycles. The number of amides is 1. The Hall–Kier alpha value is -2.62. The molecule has 0 spiro atoms. The zero-order chi connectivity index (χ0) is 19.3. The molecular formula is C22H27NO3. The minimum absolute atomic E-state index is 0.0225. The first-order valence-electron chi connectivity index (χ1n) is 8.75. The zero-order valence-electron chi connectivity index (χ0n) is 16.1. The van der Waals surface area contributed by atoms with E-state index in [0.29, 0.717) is 12.0 Å². The summed E-state index contributed by atoms with van der Waals surface area (Å²) in [6, 6.07) is 14.6. The normalized spacial score (nSPS) is 12.3. The lowest BCUT2D eigenvalue weighted by Crippen LogP contribution is -2.43. The lowest BCUT2D eigenvalue weighted by Gasteiger charge is -2.20. The van der Waals surface area contributed by atoms with Crippen LogP contribution in [0.15, 0.2) is 48.5 Å². The summed E-state index contributed by atoms with van der Waals surface area (Å²) in [6.07, 6.45) is 0.389. The molecule has 0 saturated carbocycles. The average Bonchev–Trinajstić information content (AvgIpc) is 2.59. The van der Waals surface area contributed by atoms with Gasteiger partial charge in [0.05, 0.1) is 7.11 Å². The van der Waals surface area contributed by atoms with Gasteiger partial charge in [0, 0.05) is 12.0 Å². The molecule has 0 aliphatic rings. The predicted molar refractivity (Wildman–Crippen MR) is 103 cm³/mol. The minimum atomic E-state index is -0.725. The van der Waals surface area contributed by atoms with Gasteiger partial charge >= 0.3 is 5.97 Å². The molecule has 2 aromatic carbocycles. The Morgan fingerprint density at radius 2 is 1.73 bits per heavy atom. The van der Waals surface area contributed by atoms with Crippen LogP contribution in [0.25, 0.3) is 0 Å². The fourth-order valence-electron chi connectivity index (χ4n) is 2.77. The van der Waals surface area contributed by atoms with E-state index in [2.05, 4.69) is 26.1 Å². The van der Waals surface area contributed by atoms with Crippen LogP contribution < -0.4 is 5.32 Å². The summed E-state index contributed by atoms with van der Waals surface area (Å²) in [6.45, 7) is 8.36. The number of ether oxygens (including phenoxy) is 1. The second-order valence-electron chi connectivity index (χ2n) is 7.57. The molecule has 0 aromatic heterocycles. The molecule has 1 amide bonds. The van der Waals surface area contributed by atoms with Crippen molar-refractivity contribution in [3.8, 4) is 0 Å². The molecule has 0 radical (unpaired) electrons. The highest BCUT2D eigenvalue weighted by Gasteiger charge is 2.23. The molecule has 2 aromatic rings. The van der Waals surface area contributed by atoms with Gasteiger partial charge < -0.3 is 10.1 Å². The standard InChI is InChI=1S/C22H27NO3/c1-15-7-6-8-16(13-15)14-19(21(25)26-5)23-20(24)17-9-11-18(12-10-17)22(2,3)4/h6-13,19H,14H2,1-5H3,(H,23,24)/t19-/m1/s1. The molecule has 1 N–H and O–H groups in total. The van der Waals surface area contributed by atoms with Crippen molar-refractivity contribution in [3.05, 3.63) is 70.8 Å². The number of rotatable bonds is 5. The summed E-state index contributed by atoms with van der Waals surface area (Å²) in [5.41, 5.74) is 3.78. The van der Waals surface area contributed by atoms with Crippen LogP contribution in [-0.4, -0.2) is 25.0 Å². The van der Waals surface area contributed by atoms with Gasteiger partial charge in [-0.15, -0.1) is 0 Å². The van der Waals surface area contributed by atoms with E-state index in [9.17, 15) is 9.59 Å². The molecule has 0 fully saturated rings. The van der Waals surface area contributed by atoms with Crippen molar-refractivity contribution in [1.82, 2.24) is 5.32 Å². The van der Waals surface area contributed by atoms with Gasteiger partial charge in [0.25, 0.3) is 5.91 Å². The molecule has 4 heteroatoms. The van der Waals surface area contributed by atoms with E-state index in [-0.39, 0.29) is 11.3 Å². The lowest BCUT2D eigenvalue weighted by atomic mass is 9.86. The molecular weight excluding hydrogens is 326 g/mol. The first kappa shape index (κ1) is 19.7. The number of carbonyl (C=O) groups excluding carboxylic acids is 2. The second kappa shape index (κ2) is 8.17. The lowest BCUT2D eigenvalue weighted by molar-refractivity contribution is -0.142. The second-order valence-corrected chi connectivity index (χ2v) is 7.57. The number of hydrogen-bond donors (Lipinski definition) is 1. The van der Waals surface area contributed by atoms with Gasteiger partial charge in [0.2, 0.25) is 0 Å². The van der Waals surface area contributed by atoms with E-state index in [1.807, 2.05) is 43.3 Å². The first-order chi connectivity index (χ1) is 12.2. The fourth-order valence-corrected chi connectivity index (χ4v) is 2.77. The quantitative estimate of drug-likeness (QED) is 0.832. The van der Waals surface area contributed by atoms with E-state index in [1.165, 1.54) is 7.11 Å². The topological polar surface area (TPSA) is 55.4 Å². The van der Waals surface area contributed by atoms with Crippen molar-refractivity contribution < 1.29 is 14.3 Å². The summed E-state index contributed by atoms with van der Waals surface area (Å²) in [7, 11) is 1.33. The molecule has 0 saturated heterocycles. The maximum absolute atomic E-state index is 12.6. The van der Waals surface area contributed by atoms with Crippen molar-refractivity contribution in [2.45, 2.75) is 45.6 Å². The van der Waals surface area contributed by atoms with Gasteiger partial charge in [0.15, 0.2) is 0 Å². The maximum Gasteiger partial charge on any atom is 0.328 e. The Balaban J connectivity index is 2.14. The van der Waals surface area contributed by atoms with E-state index >= 15 is 0 Å². The molecule has 2 rings (SSSR count). The Morgan fingerprint density at radius 3 is 2.27 bits per heavy atom. The highest BCUT2D eigenvalue weighted by molar-refractivity contribution is 5.96. The number of aryl methyl sites for hydroxylation is 1. The van der Waals surface area contributed by atoms with Crippen LogP contribution in [0.3, 0.4) is 0 Å². The third-order valence-electron chi connectivity index (χ3n) is 4.33. The monoisotopic (exact) mass is 353 g/mol. The van der Waals surface area contributed by atoms with Crippen molar-refractivity contribution in [2.75, 3.05) is 7.11 Å². The number of nitrogens with one attached hydrogen (secondary N) is 1. The van der Waals surface area contributed by atoms with E-state index in [1.54, 1.807) is 12.1 Å². The third-order valence-corrected chi connectivity index (χ3v) is 4.33. The molecule has 26 heavy (non-hydrogen) atoms. The average molecular weight is 353 g/mol. The maximum atomic E-state index is 12.6. The van der Waals surface area contributed by atoms with Gasteiger partial charge in [-0.3, -0.25) is 4.79 Å². The van der Waals surface area contributed by atoms with E-state index in [4.69, 9.17) is 4.74 Å². The smallest absolute Gasteiger partial charge is 0.328 e. The van der Waals surface area contributed by atoms with Crippen LogP contribution in [0.5, 0.6) is 0 Å². The van der Waals surface area contributed by atoms with Crippen LogP contribution in [-0.2, 0) is 21.4 Å². The van der Waals surface area contributed by atoms with Gasteiger partial charge in [-0.25, -0.2) is 4.79 Å².